The van der Waals surface area contributed by atoms with E-state index in [0.29, 0.717) is 13.0 Å². The lowest BCUT2D eigenvalue weighted by molar-refractivity contribution is 0.169. The van der Waals surface area contributed by atoms with E-state index >= 15 is 0 Å². The molecule has 0 aliphatic rings. The molecule has 1 aromatic carbocycles. The molecule has 0 aliphatic carbocycles. The summed E-state index contributed by atoms with van der Waals surface area (Å²) >= 11 is 3.50. The van der Waals surface area contributed by atoms with Crippen LogP contribution < -0.4 is 5.73 Å². The third kappa shape index (κ3) is 2.35. The van der Waals surface area contributed by atoms with Crippen molar-refractivity contribution in [3.8, 4) is 0 Å². The van der Waals surface area contributed by atoms with Crippen LogP contribution in [0.1, 0.15) is 29.2 Å². The first kappa shape index (κ1) is 11.7. The Morgan fingerprint density at radius 3 is 2.50 bits per heavy atom. The number of aliphatic hydroxyl groups is 1. The van der Waals surface area contributed by atoms with Gasteiger partial charge in [-0.3, -0.25) is 0 Å². The summed E-state index contributed by atoms with van der Waals surface area (Å²) in [5.41, 5.74) is 8.64. The van der Waals surface area contributed by atoms with Crippen molar-refractivity contribution in [1.82, 2.24) is 0 Å². The number of halogens is 1. The van der Waals surface area contributed by atoms with Gasteiger partial charge >= 0.3 is 0 Å². The molecule has 0 heterocycles. The van der Waals surface area contributed by atoms with E-state index in [9.17, 15) is 5.11 Å². The molecule has 0 saturated carbocycles. The third-order valence-corrected chi connectivity index (χ3v) is 3.42. The van der Waals surface area contributed by atoms with Crippen molar-refractivity contribution in [1.29, 1.82) is 0 Å². The number of benzene rings is 1. The number of nitrogens with two attached hydrogens (primary N) is 1. The second-order valence-corrected chi connectivity index (χ2v) is 4.31. The van der Waals surface area contributed by atoms with Crippen molar-refractivity contribution in [3.63, 3.8) is 0 Å². The van der Waals surface area contributed by atoms with Gasteiger partial charge in [0.15, 0.2) is 0 Å². The zero-order chi connectivity index (χ0) is 10.7. The number of hydrogen-bond donors (Lipinski definition) is 2. The van der Waals surface area contributed by atoms with Gasteiger partial charge in [0.05, 0.1) is 6.10 Å². The van der Waals surface area contributed by atoms with Crippen molar-refractivity contribution < 1.29 is 5.11 Å². The van der Waals surface area contributed by atoms with E-state index in [1.165, 1.54) is 0 Å². The molecule has 78 valence electrons. The van der Waals surface area contributed by atoms with E-state index in [1.54, 1.807) is 0 Å². The first-order valence-corrected chi connectivity index (χ1v) is 5.51. The lowest BCUT2D eigenvalue weighted by atomic mass is 9.99. The van der Waals surface area contributed by atoms with Gasteiger partial charge in [-0.25, -0.2) is 0 Å². The minimum Gasteiger partial charge on any atom is -0.388 e. The van der Waals surface area contributed by atoms with Crippen LogP contribution in [0.15, 0.2) is 16.6 Å². The summed E-state index contributed by atoms with van der Waals surface area (Å²) in [5, 5.41) is 9.90. The summed E-state index contributed by atoms with van der Waals surface area (Å²) in [4.78, 5) is 0. The molecular formula is C11H16BrNO. The molecule has 0 bridgehead atoms. The van der Waals surface area contributed by atoms with Crippen LogP contribution in [0.4, 0.5) is 0 Å². The van der Waals surface area contributed by atoms with Crippen LogP contribution in [-0.4, -0.2) is 11.7 Å². The van der Waals surface area contributed by atoms with Gasteiger partial charge in [-0.15, -0.1) is 0 Å². The van der Waals surface area contributed by atoms with E-state index in [2.05, 4.69) is 15.9 Å². The summed E-state index contributed by atoms with van der Waals surface area (Å²) in [6.45, 7) is 4.52. The Morgan fingerprint density at radius 1 is 1.36 bits per heavy atom. The molecule has 1 unspecified atom stereocenters. The van der Waals surface area contributed by atoms with Crippen LogP contribution in [0.25, 0.3) is 0 Å². The molecule has 3 heteroatoms. The maximum Gasteiger partial charge on any atom is 0.0815 e. The molecule has 1 atom stereocenters. The fourth-order valence-corrected chi connectivity index (χ4v) is 2.22. The molecular weight excluding hydrogens is 242 g/mol. The summed E-state index contributed by atoms with van der Waals surface area (Å²) in [7, 11) is 0. The Morgan fingerprint density at radius 2 is 1.93 bits per heavy atom. The number of aryl methyl sites for hydroxylation is 2. The predicted molar refractivity (Wildman–Crippen MR) is 62.2 cm³/mol. The van der Waals surface area contributed by atoms with Gasteiger partial charge in [-0.1, -0.05) is 28.1 Å². The number of rotatable bonds is 3. The Bertz CT molecular complexity index is 325. The van der Waals surface area contributed by atoms with E-state index in [-0.39, 0.29) is 0 Å². The Hall–Kier alpha value is -0.380. The zero-order valence-electron chi connectivity index (χ0n) is 8.55. The maximum absolute atomic E-state index is 9.90. The van der Waals surface area contributed by atoms with Gasteiger partial charge < -0.3 is 10.8 Å². The lowest BCUT2D eigenvalue weighted by Crippen LogP contribution is -2.09. The van der Waals surface area contributed by atoms with Gasteiger partial charge in [-0.2, -0.15) is 0 Å². The highest BCUT2D eigenvalue weighted by atomic mass is 79.9. The summed E-state index contributed by atoms with van der Waals surface area (Å²) in [6, 6.07) is 4.06. The van der Waals surface area contributed by atoms with Crippen LogP contribution in [0, 0.1) is 13.8 Å². The molecule has 0 radical (unpaired) electrons. The maximum atomic E-state index is 9.90. The van der Waals surface area contributed by atoms with Gasteiger partial charge in [0.25, 0.3) is 0 Å². The molecule has 2 nitrogen and oxygen atoms in total. The first-order valence-electron chi connectivity index (χ1n) is 4.71. The van der Waals surface area contributed by atoms with Crippen molar-refractivity contribution >= 4 is 15.9 Å². The monoisotopic (exact) mass is 257 g/mol. The third-order valence-electron chi connectivity index (χ3n) is 2.36. The van der Waals surface area contributed by atoms with Crippen molar-refractivity contribution in [2.24, 2.45) is 5.73 Å². The molecule has 0 spiro atoms. The second kappa shape index (κ2) is 4.91. The number of aliphatic hydroxyl groups excluding tert-OH is 1. The zero-order valence-corrected chi connectivity index (χ0v) is 10.1. The highest BCUT2D eigenvalue weighted by molar-refractivity contribution is 9.10. The van der Waals surface area contributed by atoms with Crippen LogP contribution in [0.3, 0.4) is 0 Å². The lowest BCUT2D eigenvalue weighted by Gasteiger charge is -2.16. The normalized spacial score (nSPS) is 12.9. The Labute approximate surface area is 93.3 Å². The summed E-state index contributed by atoms with van der Waals surface area (Å²) in [6.07, 6.45) is 0.136. The first-order chi connectivity index (χ1) is 6.57. The quantitative estimate of drug-likeness (QED) is 0.874. The largest absolute Gasteiger partial charge is 0.388 e. The number of hydrogen-bond acceptors (Lipinski definition) is 2. The van der Waals surface area contributed by atoms with E-state index < -0.39 is 6.10 Å². The average Bonchev–Trinajstić information content (AvgIpc) is 2.13. The fourth-order valence-electron chi connectivity index (χ4n) is 1.51. The highest BCUT2D eigenvalue weighted by Crippen LogP contribution is 2.31. The van der Waals surface area contributed by atoms with Gasteiger partial charge in [0.2, 0.25) is 0 Å². The fraction of sp³-hybridized carbons (Fsp3) is 0.455. The van der Waals surface area contributed by atoms with E-state index in [1.807, 2.05) is 26.0 Å². The standard InChI is InChI=1S/C11H16BrNO/c1-7-3-4-8(2)11(12)10(7)9(14)5-6-13/h3-4,9,14H,5-6,13H2,1-2H3. The molecule has 0 aliphatic heterocycles. The van der Waals surface area contributed by atoms with Crippen molar-refractivity contribution in [2.75, 3.05) is 6.54 Å². The highest BCUT2D eigenvalue weighted by Gasteiger charge is 2.14. The van der Waals surface area contributed by atoms with Gasteiger partial charge in [0, 0.05) is 4.47 Å². The Balaban J connectivity index is 3.11. The molecule has 1 aromatic rings. The van der Waals surface area contributed by atoms with E-state index in [0.717, 1.165) is 21.2 Å². The SMILES string of the molecule is Cc1ccc(C)c(C(O)CCN)c1Br. The molecule has 0 saturated heterocycles. The smallest absolute Gasteiger partial charge is 0.0815 e. The molecule has 0 aromatic heterocycles. The van der Waals surface area contributed by atoms with Crippen LogP contribution in [-0.2, 0) is 0 Å². The second-order valence-electron chi connectivity index (χ2n) is 3.52. The predicted octanol–water partition coefficient (Wildman–Crippen LogP) is 2.45. The Kier molecular flexibility index (Phi) is 4.11. The van der Waals surface area contributed by atoms with E-state index in [4.69, 9.17) is 5.73 Å². The molecule has 3 N–H and O–H groups in total. The average molecular weight is 258 g/mol. The topological polar surface area (TPSA) is 46.2 Å². The van der Waals surface area contributed by atoms with Crippen LogP contribution in [0.2, 0.25) is 0 Å². The summed E-state index contributed by atoms with van der Waals surface area (Å²) < 4.78 is 0.999. The summed E-state index contributed by atoms with van der Waals surface area (Å²) in [5.74, 6) is 0. The van der Waals surface area contributed by atoms with Gasteiger partial charge in [-0.05, 0) is 43.5 Å². The van der Waals surface area contributed by atoms with Crippen LogP contribution in [0.5, 0.6) is 0 Å². The van der Waals surface area contributed by atoms with Crippen molar-refractivity contribution in [2.45, 2.75) is 26.4 Å². The minimum atomic E-state index is -0.464. The van der Waals surface area contributed by atoms with Crippen molar-refractivity contribution in [3.05, 3.63) is 33.3 Å². The molecule has 0 amide bonds. The molecule has 0 fully saturated rings. The van der Waals surface area contributed by atoms with Crippen LogP contribution >= 0.6 is 15.9 Å². The molecule has 14 heavy (non-hydrogen) atoms. The minimum absolute atomic E-state index is 0.464. The van der Waals surface area contributed by atoms with Gasteiger partial charge in [0.1, 0.15) is 0 Å². The molecule has 1 rings (SSSR count).